The molecule has 5 heteroatoms. The summed E-state index contributed by atoms with van der Waals surface area (Å²) >= 11 is 0. The van der Waals surface area contributed by atoms with E-state index in [2.05, 4.69) is 6.92 Å². The third kappa shape index (κ3) is 4.08. The molecule has 0 atom stereocenters. The van der Waals surface area contributed by atoms with Crippen molar-refractivity contribution < 1.29 is 8.42 Å². The van der Waals surface area contributed by atoms with Crippen LogP contribution in [-0.4, -0.2) is 13.0 Å². The Hall–Kier alpha value is -1.33. The highest BCUT2D eigenvalue weighted by molar-refractivity contribution is 7.89. The maximum Gasteiger partial charge on any atom is 0.240 e. The van der Waals surface area contributed by atoms with Gasteiger partial charge in [-0.05, 0) is 12.5 Å². The fraction of sp³-hybridized carbons (Fsp3) is 0.500. The van der Waals surface area contributed by atoms with Gasteiger partial charge in [-0.15, -0.1) is 0 Å². The fourth-order valence-electron chi connectivity index (χ4n) is 2.69. The maximum absolute atomic E-state index is 11.7. The quantitative estimate of drug-likeness (QED) is 0.756. The highest BCUT2D eigenvalue weighted by Gasteiger charge is 2.16. The molecule has 2 rings (SSSR count). The Bertz CT molecular complexity index is 689. The molecule has 2 N–H and O–H groups in total. The van der Waals surface area contributed by atoms with Crippen molar-refractivity contribution in [2.75, 3.05) is 0 Å². The molecule has 1 aromatic heterocycles. The minimum atomic E-state index is -3.67. The molecule has 1 heterocycles. The zero-order chi connectivity index (χ0) is 15.3. The minimum absolute atomic E-state index is 0.226. The van der Waals surface area contributed by atoms with Crippen LogP contribution < -0.4 is 5.14 Å². The number of hydrogen-bond donors (Lipinski definition) is 1. The number of nitrogens with two attached hydrogens (primary N) is 1. The number of unbranched alkanes of at least 4 members (excludes halogenated alkanes) is 5. The van der Waals surface area contributed by atoms with E-state index < -0.39 is 10.0 Å². The Morgan fingerprint density at radius 1 is 1.05 bits per heavy atom. The number of rotatable bonds is 8. The molecule has 0 amide bonds. The number of benzene rings is 1. The summed E-state index contributed by atoms with van der Waals surface area (Å²) in [6, 6.07) is 7.52. The molecule has 4 nitrogen and oxygen atoms in total. The first-order valence-corrected chi connectivity index (χ1v) is 9.19. The van der Waals surface area contributed by atoms with E-state index in [1.54, 1.807) is 6.20 Å². The molecule has 0 bridgehead atoms. The van der Waals surface area contributed by atoms with Gasteiger partial charge in [0.25, 0.3) is 0 Å². The van der Waals surface area contributed by atoms with Gasteiger partial charge in [-0.1, -0.05) is 57.2 Å². The molecule has 21 heavy (non-hydrogen) atoms. The number of sulfonamides is 1. The second-order valence-electron chi connectivity index (χ2n) is 5.52. The van der Waals surface area contributed by atoms with E-state index >= 15 is 0 Å². The van der Waals surface area contributed by atoms with Crippen molar-refractivity contribution in [1.82, 2.24) is 4.57 Å². The standard InChI is InChI=1S/C16H24N2O2S/c1-2-3-4-5-6-9-12-18-13-16(21(17,19)20)14-10-7-8-11-15(14)18/h7-8,10-11,13H,2-6,9,12H2,1H3,(H2,17,19,20). The Kier molecular flexibility index (Phi) is 5.42. The predicted octanol–water partition coefficient (Wildman–Crippen LogP) is 3.65. The maximum atomic E-state index is 11.7. The van der Waals surface area contributed by atoms with Gasteiger partial charge in [0.1, 0.15) is 4.90 Å². The summed E-state index contributed by atoms with van der Waals surface area (Å²) in [5, 5.41) is 6.02. The van der Waals surface area contributed by atoms with Gasteiger partial charge in [-0.3, -0.25) is 0 Å². The van der Waals surface area contributed by atoms with Crippen LogP contribution in [-0.2, 0) is 16.6 Å². The van der Waals surface area contributed by atoms with Crippen LogP contribution >= 0.6 is 0 Å². The van der Waals surface area contributed by atoms with Gasteiger partial charge >= 0.3 is 0 Å². The van der Waals surface area contributed by atoms with Gasteiger partial charge in [-0.25, -0.2) is 13.6 Å². The Morgan fingerprint density at radius 3 is 2.43 bits per heavy atom. The number of fused-ring (bicyclic) bond motifs is 1. The first kappa shape index (κ1) is 16.0. The molecule has 116 valence electrons. The Morgan fingerprint density at radius 2 is 1.71 bits per heavy atom. The fourth-order valence-corrected chi connectivity index (χ4v) is 3.44. The summed E-state index contributed by atoms with van der Waals surface area (Å²) in [5.74, 6) is 0. The van der Waals surface area contributed by atoms with E-state index in [4.69, 9.17) is 5.14 Å². The van der Waals surface area contributed by atoms with Crippen molar-refractivity contribution in [2.45, 2.75) is 56.9 Å². The number of aryl methyl sites for hydroxylation is 1. The minimum Gasteiger partial charge on any atom is -0.346 e. The van der Waals surface area contributed by atoms with Crippen molar-refractivity contribution in [2.24, 2.45) is 5.14 Å². The number of primary sulfonamides is 1. The Balaban J connectivity index is 2.10. The van der Waals surface area contributed by atoms with Gasteiger partial charge in [0, 0.05) is 23.6 Å². The third-order valence-corrected chi connectivity index (χ3v) is 4.75. The van der Waals surface area contributed by atoms with E-state index in [1.807, 2.05) is 28.8 Å². The highest BCUT2D eigenvalue weighted by atomic mass is 32.2. The summed E-state index contributed by atoms with van der Waals surface area (Å²) in [4.78, 5) is 0.226. The number of para-hydroxylation sites is 1. The molecule has 0 fully saturated rings. The van der Waals surface area contributed by atoms with E-state index in [0.29, 0.717) is 5.39 Å². The van der Waals surface area contributed by atoms with Gasteiger partial charge in [0.2, 0.25) is 10.0 Å². The lowest BCUT2D eigenvalue weighted by Gasteiger charge is -2.05. The lowest BCUT2D eigenvalue weighted by Crippen LogP contribution is -2.11. The average Bonchev–Trinajstić information content (AvgIpc) is 2.82. The number of nitrogens with zero attached hydrogens (tertiary/aromatic N) is 1. The summed E-state index contributed by atoms with van der Waals surface area (Å²) < 4.78 is 25.4. The summed E-state index contributed by atoms with van der Waals surface area (Å²) in [6.07, 6.45) is 8.98. The smallest absolute Gasteiger partial charge is 0.240 e. The molecular formula is C16H24N2O2S. The first-order chi connectivity index (χ1) is 10.0. The van der Waals surface area contributed by atoms with Gasteiger partial charge in [-0.2, -0.15) is 0 Å². The highest BCUT2D eigenvalue weighted by Crippen LogP contribution is 2.24. The zero-order valence-corrected chi connectivity index (χ0v) is 13.4. The molecule has 0 aliphatic heterocycles. The van der Waals surface area contributed by atoms with E-state index in [0.717, 1.165) is 18.5 Å². The van der Waals surface area contributed by atoms with Gasteiger partial charge in [0.05, 0.1) is 0 Å². The first-order valence-electron chi connectivity index (χ1n) is 7.64. The van der Waals surface area contributed by atoms with Crippen LogP contribution in [0.3, 0.4) is 0 Å². The molecule has 0 radical (unpaired) electrons. The van der Waals surface area contributed by atoms with Gasteiger partial charge < -0.3 is 4.57 Å². The number of aromatic nitrogens is 1. The monoisotopic (exact) mass is 308 g/mol. The van der Waals surface area contributed by atoms with Crippen LogP contribution in [0.2, 0.25) is 0 Å². The van der Waals surface area contributed by atoms with Crippen LogP contribution in [0.4, 0.5) is 0 Å². The molecule has 0 aliphatic carbocycles. The molecule has 0 spiro atoms. The third-order valence-electron chi connectivity index (χ3n) is 3.81. The molecule has 0 unspecified atom stereocenters. The van der Waals surface area contributed by atoms with Crippen molar-refractivity contribution >= 4 is 20.9 Å². The van der Waals surface area contributed by atoms with Crippen LogP contribution in [0, 0.1) is 0 Å². The Labute approximate surface area is 127 Å². The zero-order valence-electron chi connectivity index (χ0n) is 12.6. The van der Waals surface area contributed by atoms with Crippen molar-refractivity contribution in [3.8, 4) is 0 Å². The van der Waals surface area contributed by atoms with Crippen molar-refractivity contribution in [3.05, 3.63) is 30.5 Å². The van der Waals surface area contributed by atoms with E-state index in [1.165, 1.54) is 32.1 Å². The van der Waals surface area contributed by atoms with Crippen molar-refractivity contribution in [3.63, 3.8) is 0 Å². The predicted molar refractivity (Wildman–Crippen MR) is 86.7 cm³/mol. The van der Waals surface area contributed by atoms with Crippen LogP contribution in [0.5, 0.6) is 0 Å². The van der Waals surface area contributed by atoms with Crippen LogP contribution in [0.15, 0.2) is 35.4 Å². The molecule has 0 aliphatic rings. The summed E-state index contributed by atoms with van der Waals surface area (Å²) in [6.45, 7) is 3.04. The average molecular weight is 308 g/mol. The summed E-state index contributed by atoms with van der Waals surface area (Å²) in [5.41, 5.74) is 0.940. The molecule has 0 saturated heterocycles. The van der Waals surface area contributed by atoms with Crippen LogP contribution in [0.1, 0.15) is 45.4 Å². The molecule has 2 aromatic rings. The van der Waals surface area contributed by atoms with Crippen LogP contribution in [0.25, 0.3) is 10.9 Å². The lowest BCUT2D eigenvalue weighted by molar-refractivity contribution is 0.563. The second kappa shape index (κ2) is 7.09. The SMILES string of the molecule is CCCCCCCCn1cc(S(N)(=O)=O)c2ccccc21. The van der Waals surface area contributed by atoms with E-state index in [9.17, 15) is 8.42 Å². The molecular weight excluding hydrogens is 284 g/mol. The number of hydrogen-bond acceptors (Lipinski definition) is 2. The van der Waals surface area contributed by atoms with Crippen molar-refractivity contribution in [1.29, 1.82) is 0 Å². The topological polar surface area (TPSA) is 65.1 Å². The molecule has 0 saturated carbocycles. The second-order valence-corrected chi connectivity index (χ2v) is 7.05. The normalized spacial score (nSPS) is 12.1. The van der Waals surface area contributed by atoms with Gasteiger partial charge in [0.15, 0.2) is 0 Å². The lowest BCUT2D eigenvalue weighted by atomic mass is 10.1. The largest absolute Gasteiger partial charge is 0.346 e. The summed E-state index contributed by atoms with van der Waals surface area (Å²) in [7, 11) is -3.67. The molecule has 1 aromatic carbocycles. The van der Waals surface area contributed by atoms with E-state index in [-0.39, 0.29) is 4.90 Å².